The van der Waals surface area contributed by atoms with E-state index in [4.69, 9.17) is 19.6 Å². The summed E-state index contributed by atoms with van der Waals surface area (Å²) < 4.78 is 49.7. The first-order chi connectivity index (χ1) is 13.8. The highest BCUT2D eigenvalue weighted by molar-refractivity contribution is 7.55. The molecule has 0 spiro atoms. The zero-order valence-electron chi connectivity index (χ0n) is 17.4. The second-order valence-corrected chi connectivity index (χ2v) is 9.19. The van der Waals surface area contributed by atoms with Gasteiger partial charge >= 0.3 is 0 Å². The largest absolute Gasteiger partial charge is 0.491 e. The summed E-state index contributed by atoms with van der Waals surface area (Å²) in [5.41, 5.74) is 0.514. The van der Waals surface area contributed by atoms with Crippen LogP contribution in [0.3, 0.4) is 0 Å². The van der Waals surface area contributed by atoms with E-state index in [-0.39, 0.29) is 24.3 Å². The molecule has 0 saturated heterocycles. The number of unbranched alkanes of at least 4 members (excludes halogenated alkanes) is 8. The van der Waals surface area contributed by atoms with Crippen molar-refractivity contribution in [1.29, 1.82) is 0 Å². The normalized spacial score (nSPS) is 13.3. The van der Waals surface area contributed by atoms with Gasteiger partial charge < -0.3 is 19.6 Å². The second-order valence-electron chi connectivity index (χ2n) is 7.14. The Morgan fingerprint density at radius 3 is 2.07 bits per heavy atom. The van der Waals surface area contributed by atoms with Crippen LogP contribution in [0.4, 0.5) is 8.78 Å². The van der Waals surface area contributed by atoms with Crippen molar-refractivity contribution in [2.24, 2.45) is 0 Å². The fraction of sp³-hybridized carbons (Fsp3) is 0.700. The Bertz CT molecular complexity index is 660. The Morgan fingerprint density at radius 2 is 1.52 bits per heavy atom. The van der Waals surface area contributed by atoms with Gasteiger partial charge in [0.25, 0.3) is 7.52 Å². The molecule has 1 unspecified atom stereocenters. The predicted octanol–water partition coefficient (Wildman–Crippen LogP) is 5.73. The number of benzene rings is 1. The van der Waals surface area contributed by atoms with Gasteiger partial charge in [-0.05, 0) is 38.3 Å². The molecule has 0 amide bonds. The molecule has 29 heavy (non-hydrogen) atoms. The quantitative estimate of drug-likeness (QED) is 0.174. The minimum Gasteiger partial charge on any atom is -0.491 e. The summed E-state index contributed by atoms with van der Waals surface area (Å²) in [5, 5.41) is 9.94. The summed E-state index contributed by atoms with van der Waals surface area (Å²) in [4.78, 5) is 9.16. The third-order valence-electron chi connectivity index (χ3n) is 4.62. The Morgan fingerprint density at radius 1 is 0.966 bits per heavy atom. The number of halogens is 2. The molecule has 1 rings (SSSR count). The van der Waals surface area contributed by atoms with Crippen LogP contribution < -0.4 is 14.7 Å². The highest BCUT2D eigenvalue weighted by atomic mass is 31.2. The first-order valence-corrected chi connectivity index (χ1v) is 12.1. The molecule has 6 nitrogen and oxygen atoms in total. The fourth-order valence-corrected chi connectivity index (χ4v) is 3.79. The minimum atomic E-state index is -3.54. The number of hydrogen-bond donors (Lipinski definition) is 3. The molecule has 0 aliphatic heterocycles. The number of nitrogens with one attached hydrogen (secondary N) is 1. The van der Waals surface area contributed by atoms with Crippen LogP contribution in [0, 0.1) is 18.6 Å². The molecule has 1 aromatic rings. The third-order valence-corrected chi connectivity index (χ3v) is 5.86. The highest BCUT2D eigenvalue weighted by Gasteiger charge is 2.18. The van der Waals surface area contributed by atoms with Crippen molar-refractivity contribution in [3.63, 3.8) is 0 Å². The molecule has 0 radical (unpaired) electrons. The van der Waals surface area contributed by atoms with Crippen LogP contribution in [0.5, 0.6) is 11.5 Å². The Kier molecular flexibility index (Phi) is 12.4. The lowest BCUT2D eigenvalue weighted by atomic mass is 10.1. The zero-order valence-corrected chi connectivity index (χ0v) is 18.3. The van der Waals surface area contributed by atoms with E-state index >= 15 is 0 Å². The van der Waals surface area contributed by atoms with Crippen molar-refractivity contribution in [2.75, 3.05) is 19.4 Å². The number of ether oxygens (including phenoxy) is 2. The van der Waals surface area contributed by atoms with Crippen molar-refractivity contribution in [3.8, 4) is 11.5 Å². The number of hydrogen-bond acceptors (Lipinski definition) is 4. The van der Waals surface area contributed by atoms with E-state index in [1.807, 2.05) is 0 Å². The van der Waals surface area contributed by atoms with Crippen molar-refractivity contribution in [1.82, 2.24) is 5.25 Å². The summed E-state index contributed by atoms with van der Waals surface area (Å²) >= 11 is 0. The molecule has 0 aromatic heterocycles. The average molecular weight is 437 g/mol. The van der Waals surface area contributed by atoms with Gasteiger partial charge in [-0.15, -0.1) is 5.25 Å². The maximum absolute atomic E-state index is 14.1. The molecule has 0 saturated carbocycles. The molecule has 3 N–H and O–H groups in total. The van der Waals surface area contributed by atoms with Crippen LogP contribution in [0.2, 0.25) is 0 Å². The smallest absolute Gasteiger partial charge is 0.289 e. The van der Waals surface area contributed by atoms with Gasteiger partial charge in [0.2, 0.25) is 11.6 Å². The minimum absolute atomic E-state index is 0.0465. The monoisotopic (exact) mass is 437 g/mol. The van der Waals surface area contributed by atoms with E-state index in [1.165, 1.54) is 11.3 Å². The lowest BCUT2D eigenvalue weighted by molar-refractivity contribution is 0.222. The molecule has 0 bridgehead atoms. The Labute approximate surface area is 172 Å². The van der Waals surface area contributed by atoms with Gasteiger partial charge in [0.05, 0.1) is 13.2 Å². The Balaban J connectivity index is 2.11. The molecule has 9 heteroatoms. The van der Waals surface area contributed by atoms with E-state index in [2.05, 4.69) is 0 Å². The topological polar surface area (TPSA) is 88.0 Å². The van der Waals surface area contributed by atoms with Crippen molar-refractivity contribution < 1.29 is 32.9 Å². The van der Waals surface area contributed by atoms with Gasteiger partial charge in [-0.3, -0.25) is 4.57 Å². The lowest BCUT2D eigenvalue weighted by Gasteiger charge is -2.13. The molecule has 1 aromatic carbocycles. The van der Waals surface area contributed by atoms with Gasteiger partial charge in [-0.25, -0.2) is 0 Å². The highest BCUT2D eigenvalue weighted by Crippen LogP contribution is 2.35. The number of aryl methyl sites for hydroxylation is 1. The fourth-order valence-electron chi connectivity index (χ4n) is 3.03. The SMILES string of the molecule is CCOc1cc(C)c(OCCCCCCCCCCCP(=O)(O)NO)c(F)c1F. The maximum atomic E-state index is 14.1. The van der Waals surface area contributed by atoms with E-state index in [9.17, 15) is 13.3 Å². The first kappa shape index (κ1) is 25.8. The summed E-state index contributed by atoms with van der Waals surface area (Å²) in [5.74, 6) is -2.15. The summed E-state index contributed by atoms with van der Waals surface area (Å²) in [6.45, 7) is 3.98. The van der Waals surface area contributed by atoms with Crippen LogP contribution in [0.1, 0.15) is 70.3 Å². The molecular weight excluding hydrogens is 403 g/mol. The molecule has 0 heterocycles. The zero-order chi connectivity index (χ0) is 21.7. The number of rotatable bonds is 16. The Hall–Kier alpha value is -1.21. The molecule has 0 aliphatic carbocycles. The van der Waals surface area contributed by atoms with E-state index in [0.717, 1.165) is 51.4 Å². The van der Waals surface area contributed by atoms with E-state index in [0.29, 0.717) is 18.6 Å². The third kappa shape index (κ3) is 9.90. The van der Waals surface area contributed by atoms with E-state index in [1.54, 1.807) is 13.8 Å². The molecule has 0 fully saturated rings. The van der Waals surface area contributed by atoms with Crippen LogP contribution >= 0.6 is 7.52 Å². The predicted molar refractivity (Wildman–Crippen MR) is 109 cm³/mol. The van der Waals surface area contributed by atoms with Crippen LogP contribution in [-0.4, -0.2) is 29.5 Å². The van der Waals surface area contributed by atoms with Crippen molar-refractivity contribution in [2.45, 2.75) is 71.6 Å². The summed E-state index contributed by atoms with van der Waals surface area (Å²) in [6.07, 6.45) is 8.57. The van der Waals surface area contributed by atoms with Crippen molar-refractivity contribution in [3.05, 3.63) is 23.3 Å². The van der Waals surface area contributed by atoms with Gasteiger partial charge in [-0.1, -0.05) is 44.9 Å². The molecular formula is C20H34F2NO5P. The second kappa shape index (κ2) is 13.9. The van der Waals surface area contributed by atoms with E-state index < -0.39 is 19.2 Å². The first-order valence-electron chi connectivity index (χ1n) is 10.3. The van der Waals surface area contributed by atoms with Crippen molar-refractivity contribution >= 4 is 7.52 Å². The van der Waals surface area contributed by atoms with Crippen LogP contribution in [-0.2, 0) is 4.57 Å². The summed E-state index contributed by atoms with van der Waals surface area (Å²) in [6, 6.07) is 1.46. The molecule has 0 aliphatic rings. The lowest BCUT2D eigenvalue weighted by Crippen LogP contribution is -2.06. The maximum Gasteiger partial charge on any atom is 0.289 e. The summed E-state index contributed by atoms with van der Waals surface area (Å²) in [7, 11) is -3.54. The van der Waals surface area contributed by atoms with Gasteiger partial charge in [0, 0.05) is 6.16 Å². The van der Waals surface area contributed by atoms with Gasteiger partial charge in [0.15, 0.2) is 11.5 Å². The van der Waals surface area contributed by atoms with Gasteiger partial charge in [-0.2, -0.15) is 8.78 Å². The van der Waals surface area contributed by atoms with Crippen LogP contribution in [0.25, 0.3) is 0 Å². The molecule has 168 valence electrons. The van der Waals surface area contributed by atoms with Gasteiger partial charge in [0.1, 0.15) is 0 Å². The molecule has 1 atom stereocenters. The standard InChI is InChI=1S/C20H34F2NO5P/c1-3-27-17-15-16(2)20(19(22)18(17)21)28-13-11-9-7-5-4-6-8-10-12-14-29(25,26)23-24/h15,24H,3-14H2,1-2H3,(H2,23,25,26). The van der Waals surface area contributed by atoms with Crippen LogP contribution in [0.15, 0.2) is 6.07 Å². The average Bonchev–Trinajstić information content (AvgIpc) is 2.69.